The van der Waals surface area contributed by atoms with E-state index < -0.39 is 0 Å². The first kappa shape index (κ1) is 15.5. The number of rotatable bonds is 4. The normalized spacial score (nSPS) is 10.9. The zero-order valence-corrected chi connectivity index (χ0v) is 13.0. The number of nitrogens with zero attached hydrogens (tertiary/aromatic N) is 2. The molecular weight excluding hydrogens is 304 g/mol. The summed E-state index contributed by atoms with van der Waals surface area (Å²) in [5, 5.41) is 19.9. The summed E-state index contributed by atoms with van der Waals surface area (Å²) < 4.78 is 0. The third kappa shape index (κ3) is 3.67. The van der Waals surface area contributed by atoms with E-state index in [1.54, 1.807) is 30.3 Å². The average Bonchev–Trinajstić information content (AvgIpc) is 3.07. The molecule has 6 nitrogen and oxygen atoms in total. The molecule has 0 aliphatic carbocycles. The second-order valence-corrected chi connectivity index (χ2v) is 5.32. The number of aromatic hydroxyl groups is 1. The summed E-state index contributed by atoms with van der Waals surface area (Å²) in [5.74, 6) is -0.201. The Hall–Kier alpha value is -3.41. The topological polar surface area (TPSA) is 90.4 Å². The number of benzene rings is 2. The van der Waals surface area contributed by atoms with Crippen molar-refractivity contribution in [2.24, 2.45) is 5.10 Å². The van der Waals surface area contributed by atoms with Crippen LogP contribution in [0.4, 0.5) is 0 Å². The maximum atomic E-state index is 12.1. The highest BCUT2D eigenvalue weighted by Gasteiger charge is 2.10. The number of aromatic amines is 1. The molecule has 24 heavy (non-hydrogen) atoms. The quantitative estimate of drug-likeness (QED) is 0.510. The highest BCUT2D eigenvalue weighted by Crippen LogP contribution is 2.18. The lowest BCUT2D eigenvalue weighted by Gasteiger charge is -1.97. The maximum Gasteiger partial charge on any atom is 0.289 e. The van der Waals surface area contributed by atoms with Crippen molar-refractivity contribution in [2.45, 2.75) is 6.92 Å². The fourth-order valence-electron chi connectivity index (χ4n) is 2.10. The Kier molecular flexibility index (Phi) is 4.38. The SMILES string of the molecule is Cc1ccc(-c2cc(C(=O)N/N=C/c3ccc(O)cc3)[nH]n2)cc1. The van der Waals surface area contributed by atoms with Crippen LogP contribution in [-0.2, 0) is 0 Å². The lowest BCUT2D eigenvalue weighted by Crippen LogP contribution is -2.17. The Bertz CT molecular complexity index is 865. The second-order valence-electron chi connectivity index (χ2n) is 5.32. The molecule has 6 heteroatoms. The lowest BCUT2D eigenvalue weighted by molar-refractivity contribution is 0.0950. The molecule has 0 saturated carbocycles. The number of amides is 1. The molecule has 0 radical (unpaired) electrons. The summed E-state index contributed by atoms with van der Waals surface area (Å²) in [5.41, 5.74) is 6.32. The molecule has 3 rings (SSSR count). The van der Waals surface area contributed by atoms with Crippen LogP contribution < -0.4 is 5.43 Å². The predicted molar refractivity (Wildman–Crippen MR) is 91.9 cm³/mol. The van der Waals surface area contributed by atoms with Crippen molar-refractivity contribution in [2.75, 3.05) is 0 Å². The molecule has 120 valence electrons. The molecule has 3 N–H and O–H groups in total. The van der Waals surface area contributed by atoms with Gasteiger partial charge in [0.25, 0.3) is 5.91 Å². The van der Waals surface area contributed by atoms with Gasteiger partial charge in [-0.1, -0.05) is 29.8 Å². The molecule has 0 atom stereocenters. The number of hydrogen-bond donors (Lipinski definition) is 3. The van der Waals surface area contributed by atoms with Gasteiger partial charge in [-0.3, -0.25) is 9.89 Å². The molecule has 1 amide bonds. The maximum absolute atomic E-state index is 12.1. The van der Waals surface area contributed by atoms with Crippen molar-refractivity contribution in [1.82, 2.24) is 15.6 Å². The lowest BCUT2D eigenvalue weighted by atomic mass is 10.1. The molecule has 0 fully saturated rings. The molecular formula is C18H16N4O2. The van der Waals surface area contributed by atoms with Gasteiger partial charge in [-0.25, -0.2) is 5.43 Å². The summed E-state index contributed by atoms with van der Waals surface area (Å²) in [4.78, 5) is 12.1. The van der Waals surface area contributed by atoms with E-state index in [9.17, 15) is 9.90 Å². The van der Waals surface area contributed by atoms with Crippen LogP contribution in [0.1, 0.15) is 21.6 Å². The second kappa shape index (κ2) is 6.78. The van der Waals surface area contributed by atoms with Gasteiger partial charge in [-0.05, 0) is 42.8 Å². The van der Waals surface area contributed by atoms with Crippen LogP contribution in [0.5, 0.6) is 5.75 Å². The van der Waals surface area contributed by atoms with Gasteiger partial charge >= 0.3 is 0 Å². The summed E-state index contributed by atoms with van der Waals surface area (Å²) >= 11 is 0. The summed E-state index contributed by atoms with van der Waals surface area (Å²) in [6, 6.07) is 16.0. The van der Waals surface area contributed by atoms with Crippen LogP contribution in [0, 0.1) is 6.92 Å². The van der Waals surface area contributed by atoms with Gasteiger partial charge in [0, 0.05) is 5.56 Å². The van der Waals surface area contributed by atoms with Crippen LogP contribution >= 0.6 is 0 Å². The first-order chi connectivity index (χ1) is 11.6. The monoisotopic (exact) mass is 320 g/mol. The largest absolute Gasteiger partial charge is 0.508 e. The van der Waals surface area contributed by atoms with Gasteiger partial charge in [0.2, 0.25) is 0 Å². The summed E-state index contributed by atoms with van der Waals surface area (Å²) in [6.45, 7) is 2.01. The van der Waals surface area contributed by atoms with Crippen LogP contribution in [0.3, 0.4) is 0 Å². The van der Waals surface area contributed by atoms with Gasteiger partial charge in [-0.2, -0.15) is 10.2 Å². The van der Waals surface area contributed by atoms with Crippen molar-refractivity contribution in [1.29, 1.82) is 0 Å². The number of hydrazone groups is 1. The minimum Gasteiger partial charge on any atom is -0.508 e. The molecule has 0 spiro atoms. The number of aromatic nitrogens is 2. The zero-order chi connectivity index (χ0) is 16.9. The van der Waals surface area contributed by atoms with E-state index in [-0.39, 0.29) is 11.7 Å². The number of carbonyl (C=O) groups excluding carboxylic acids is 1. The number of nitrogens with one attached hydrogen (secondary N) is 2. The van der Waals surface area contributed by atoms with E-state index in [4.69, 9.17) is 0 Å². The van der Waals surface area contributed by atoms with E-state index in [0.717, 1.165) is 16.7 Å². The first-order valence-corrected chi connectivity index (χ1v) is 7.37. The number of aryl methyl sites for hydroxylation is 1. The van der Waals surface area contributed by atoms with Gasteiger partial charge in [0.05, 0.1) is 11.9 Å². The number of phenolic OH excluding ortho intramolecular Hbond substituents is 1. The van der Waals surface area contributed by atoms with E-state index in [1.807, 2.05) is 31.2 Å². The minimum atomic E-state index is -0.379. The van der Waals surface area contributed by atoms with Gasteiger partial charge < -0.3 is 5.11 Å². The van der Waals surface area contributed by atoms with E-state index in [2.05, 4.69) is 20.7 Å². The van der Waals surface area contributed by atoms with Crippen LogP contribution in [0.15, 0.2) is 59.7 Å². The molecule has 2 aromatic carbocycles. The van der Waals surface area contributed by atoms with Crippen molar-refractivity contribution < 1.29 is 9.90 Å². The van der Waals surface area contributed by atoms with Gasteiger partial charge in [0.1, 0.15) is 11.4 Å². The summed E-state index contributed by atoms with van der Waals surface area (Å²) in [6.07, 6.45) is 1.49. The standard InChI is InChI=1S/C18H16N4O2/c1-12-2-6-14(7-3-12)16-10-17(21-20-16)18(24)22-19-11-13-4-8-15(23)9-5-13/h2-11,23H,1H3,(H,20,21)(H,22,24)/b19-11+. The third-order valence-electron chi connectivity index (χ3n) is 3.44. The molecule has 0 bridgehead atoms. The number of phenols is 1. The molecule has 1 heterocycles. The molecule has 0 unspecified atom stereocenters. The number of H-pyrrole nitrogens is 1. The van der Waals surface area contributed by atoms with E-state index >= 15 is 0 Å². The van der Waals surface area contributed by atoms with Crippen molar-refractivity contribution in [3.63, 3.8) is 0 Å². The molecule has 0 aliphatic heterocycles. The Morgan fingerprint density at radius 3 is 2.58 bits per heavy atom. The highest BCUT2D eigenvalue weighted by molar-refractivity contribution is 5.94. The fourth-order valence-corrected chi connectivity index (χ4v) is 2.10. The molecule has 1 aromatic heterocycles. The predicted octanol–water partition coefficient (Wildman–Crippen LogP) is 2.85. The molecule has 0 aliphatic rings. The van der Waals surface area contributed by atoms with Gasteiger partial charge in [-0.15, -0.1) is 0 Å². The van der Waals surface area contributed by atoms with Crippen molar-refractivity contribution >= 4 is 12.1 Å². The smallest absolute Gasteiger partial charge is 0.289 e. The highest BCUT2D eigenvalue weighted by atomic mass is 16.3. The Labute approximate surface area is 138 Å². The third-order valence-corrected chi connectivity index (χ3v) is 3.44. The van der Waals surface area contributed by atoms with Crippen LogP contribution in [0.2, 0.25) is 0 Å². The fraction of sp³-hybridized carbons (Fsp3) is 0.0556. The van der Waals surface area contributed by atoms with Crippen molar-refractivity contribution in [3.05, 3.63) is 71.4 Å². The van der Waals surface area contributed by atoms with E-state index in [0.29, 0.717) is 11.4 Å². The number of carbonyl (C=O) groups is 1. The molecule has 0 saturated heterocycles. The minimum absolute atomic E-state index is 0.178. The van der Waals surface area contributed by atoms with Crippen molar-refractivity contribution in [3.8, 4) is 17.0 Å². The Balaban J connectivity index is 1.65. The summed E-state index contributed by atoms with van der Waals surface area (Å²) in [7, 11) is 0. The Morgan fingerprint density at radius 2 is 1.88 bits per heavy atom. The van der Waals surface area contributed by atoms with Gasteiger partial charge in [0.15, 0.2) is 0 Å². The Morgan fingerprint density at radius 1 is 1.17 bits per heavy atom. The average molecular weight is 320 g/mol. The number of hydrogen-bond acceptors (Lipinski definition) is 4. The molecule has 3 aromatic rings. The van der Waals surface area contributed by atoms with Crippen LogP contribution in [-0.4, -0.2) is 27.4 Å². The van der Waals surface area contributed by atoms with E-state index in [1.165, 1.54) is 6.21 Å². The first-order valence-electron chi connectivity index (χ1n) is 7.37. The zero-order valence-electron chi connectivity index (χ0n) is 13.0. The van der Waals surface area contributed by atoms with Crippen LogP contribution in [0.25, 0.3) is 11.3 Å².